The van der Waals surface area contributed by atoms with Crippen molar-refractivity contribution in [3.05, 3.63) is 55.7 Å². The molecule has 0 saturated heterocycles. The molecule has 0 aliphatic carbocycles. The van der Waals surface area contributed by atoms with E-state index >= 15 is 0 Å². The third-order valence-electron chi connectivity index (χ3n) is 2.86. The van der Waals surface area contributed by atoms with Crippen LogP contribution in [0.1, 0.15) is 28.3 Å². The summed E-state index contributed by atoms with van der Waals surface area (Å²) in [6.07, 6.45) is 0. The SMILES string of the molecule is CCNC(c1cc(Br)c(C)s1)c1cccc(F)c1F. The van der Waals surface area contributed by atoms with E-state index in [1.54, 1.807) is 17.4 Å². The first-order valence-electron chi connectivity index (χ1n) is 5.97. The summed E-state index contributed by atoms with van der Waals surface area (Å²) in [5.74, 6) is -1.59. The molecular weight excluding hydrogens is 332 g/mol. The highest BCUT2D eigenvalue weighted by molar-refractivity contribution is 9.10. The Morgan fingerprint density at radius 2 is 2.11 bits per heavy atom. The molecule has 2 aromatic rings. The molecule has 0 amide bonds. The van der Waals surface area contributed by atoms with E-state index < -0.39 is 11.6 Å². The van der Waals surface area contributed by atoms with Gasteiger partial charge >= 0.3 is 0 Å². The van der Waals surface area contributed by atoms with E-state index in [1.807, 2.05) is 19.9 Å². The quantitative estimate of drug-likeness (QED) is 0.839. The molecule has 102 valence electrons. The maximum Gasteiger partial charge on any atom is 0.163 e. The van der Waals surface area contributed by atoms with Gasteiger partial charge in [-0.3, -0.25) is 0 Å². The number of thiophene rings is 1. The molecule has 2 rings (SSSR count). The predicted molar refractivity (Wildman–Crippen MR) is 78.6 cm³/mol. The van der Waals surface area contributed by atoms with Crippen molar-refractivity contribution in [3.63, 3.8) is 0 Å². The van der Waals surface area contributed by atoms with Gasteiger partial charge in [0.2, 0.25) is 0 Å². The summed E-state index contributed by atoms with van der Waals surface area (Å²) in [5, 5.41) is 3.21. The van der Waals surface area contributed by atoms with E-state index in [0.29, 0.717) is 12.1 Å². The lowest BCUT2D eigenvalue weighted by molar-refractivity contribution is 0.484. The van der Waals surface area contributed by atoms with Crippen molar-refractivity contribution in [2.75, 3.05) is 6.54 Å². The zero-order valence-electron chi connectivity index (χ0n) is 10.6. The molecule has 1 nitrogen and oxygen atoms in total. The van der Waals surface area contributed by atoms with E-state index in [9.17, 15) is 8.78 Å². The highest BCUT2D eigenvalue weighted by atomic mass is 79.9. The van der Waals surface area contributed by atoms with Crippen LogP contribution in [-0.4, -0.2) is 6.54 Å². The van der Waals surface area contributed by atoms with Crippen molar-refractivity contribution < 1.29 is 8.78 Å². The monoisotopic (exact) mass is 345 g/mol. The Balaban J connectivity index is 2.48. The van der Waals surface area contributed by atoms with Crippen LogP contribution < -0.4 is 5.32 Å². The van der Waals surface area contributed by atoms with Gasteiger partial charge in [0.25, 0.3) is 0 Å². The smallest absolute Gasteiger partial charge is 0.163 e. The number of rotatable bonds is 4. The standard InChI is InChI=1S/C14H14BrF2NS/c1-3-18-14(12-7-10(15)8(2)19-12)9-5-4-6-11(16)13(9)17/h4-7,14,18H,3H2,1-2H3. The van der Waals surface area contributed by atoms with Crippen LogP contribution in [0.5, 0.6) is 0 Å². The first-order valence-corrected chi connectivity index (χ1v) is 7.58. The van der Waals surface area contributed by atoms with Gasteiger partial charge in [-0.05, 0) is 41.5 Å². The normalized spacial score (nSPS) is 12.7. The minimum atomic E-state index is -0.812. The number of hydrogen-bond donors (Lipinski definition) is 1. The maximum atomic E-state index is 13.9. The van der Waals surface area contributed by atoms with Gasteiger partial charge in [0, 0.05) is 19.8 Å². The number of hydrogen-bond acceptors (Lipinski definition) is 2. The average molecular weight is 346 g/mol. The van der Waals surface area contributed by atoms with Crippen LogP contribution >= 0.6 is 27.3 Å². The van der Waals surface area contributed by atoms with Crippen molar-refractivity contribution in [1.82, 2.24) is 5.32 Å². The first-order chi connectivity index (χ1) is 9.04. The summed E-state index contributed by atoms with van der Waals surface area (Å²) in [4.78, 5) is 2.09. The van der Waals surface area contributed by atoms with Crippen LogP contribution in [0.25, 0.3) is 0 Å². The summed E-state index contributed by atoms with van der Waals surface area (Å²) in [6, 6.07) is 5.92. The second-order valence-electron chi connectivity index (χ2n) is 4.19. The summed E-state index contributed by atoms with van der Waals surface area (Å²) in [7, 11) is 0. The molecule has 1 N–H and O–H groups in total. The average Bonchev–Trinajstić information content (AvgIpc) is 2.70. The van der Waals surface area contributed by atoms with Crippen molar-refractivity contribution in [2.24, 2.45) is 0 Å². The highest BCUT2D eigenvalue weighted by Gasteiger charge is 2.21. The molecule has 0 spiro atoms. The van der Waals surface area contributed by atoms with Crippen LogP contribution in [0.15, 0.2) is 28.7 Å². The third-order valence-corrected chi connectivity index (χ3v) is 5.06. The van der Waals surface area contributed by atoms with E-state index in [4.69, 9.17) is 0 Å². The molecule has 0 aliphatic heterocycles. The van der Waals surface area contributed by atoms with Gasteiger partial charge < -0.3 is 5.32 Å². The van der Waals surface area contributed by atoms with Crippen LogP contribution in [0.3, 0.4) is 0 Å². The van der Waals surface area contributed by atoms with Gasteiger partial charge in [-0.1, -0.05) is 19.1 Å². The molecule has 0 bridgehead atoms. The van der Waals surface area contributed by atoms with E-state index in [1.165, 1.54) is 6.07 Å². The van der Waals surface area contributed by atoms with Gasteiger partial charge in [-0.25, -0.2) is 8.78 Å². The largest absolute Gasteiger partial charge is 0.306 e. The summed E-state index contributed by atoms with van der Waals surface area (Å²) >= 11 is 5.03. The van der Waals surface area contributed by atoms with E-state index in [0.717, 1.165) is 20.3 Å². The maximum absolute atomic E-state index is 13.9. The summed E-state index contributed by atoms with van der Waals surface area (Å²) in [5.41, 5.74) is 0.343. The molecule has 0 radical (unpaired) electrons. The van der Waals surface area contributed by atoms with Crippen LogP contribution in [0, 0.1) is 18.6 Å². The third kappa shape index (κ3) is 3.04. The Labute approximate surface area is 123 Å². The zero-order valence-corrected chi connectivity index (χ0v) is 13.0. The van der Waals surface area contributed by atoms with Gasteiger partial charge in [0.05, 0.1) is 6.04 Å². The zero-order chi connectivity index (χ0) is 14.0. The lowest BCUT2D eigenvalue weighted by Gasteiger charge is -2.17. The van der Waals surface area contributed by atoms with Crippen molar-refractivity contribution in [3.8, 4) is 0 Å². The Bertz CT molecular complexity index is 563. The molecule has 1 aromatic heterocycles. The molecule has 1 heterocycles. The topological polar surface area (TPSA) is 12.0 Å². The predicted octanol–water partition coefficient (Wildman–Crippen LogP) is 4.80. The highest BCUT2D eigenvalue weighted by Crippen LogP contribution is 2.34. The van der Waals surface area contributed by atoms with Gasteiger partial charge in [0.1, 0.15) is 0 Å². The summed E-state index contributed by atoms with van der Waals surface area (Å²) in [6.45, 7) is 4.61. The fourth-order valence-corrected chi connectivity index (χ4v) is 3.59. The second kappa shape index (κ2) is 6.11. The van der Waals surface area contributed by atoms with Gasteiger partial charge in [0.15, 0.2) is 11.6 Å². The lowest BCUT2D eigenvalue weighted by atomic mass is 10.0. The molecule has 1 unspecified atom stereocenters. The molecule has 19 heavy (non-hydrogen) atoms. The molecule has 5 heteroatoms. The number of aryl methyl sites for hydroxylation is 1. The number of halogens is 3. The van der Waals surface area contributed by atoms with E-state index in [-0.39, 0.29) is 6.04 Å². The van der Waals surface area contributed by atoms with Gasteiger partial charge in [-0.2, -0.15) is 0 Å². The molecule has 1 aromatic carbocycles. The molecule has 1 atom stereocenters. The fraction of sp³-hybridized carbons (Fsp3) is 0.286. The van der Waals surface area contributed by atoms with Crippen LogP contribution in [0.2, 0.25) is 0 Å². The van der Waals surface area contributed by atoms with Crippen molar-refractivity contribution in [1.29, 1.82) is 0 Å². The fourth-order valence-electron chi connectivity index (χ4n) is 1.94. The molecular formula is C14H14BrF2NS. The molecule has 0 saturated carbocycles. The van der Waals surface area contributed by atoms with Gasteiger partial charge in [-0.15, -0.1) is 11.3 Å². The minimum Gasteiger partial charge on any atom is -0.306 e. The molecule has 0 fully saturated rings. The Hall–Kier alpha value is -0.780. The Kier molecular flexibility index (Phi) is 4.71. The van der Waals surface area contributed by atoms with Crippen molar-refractivity contribution >= 4 is 27.3 Å². The molecule has 0 aliphatic rings. The van der Waals surface area contributed by atoms with Crippen LogP contribution in [-0.2, 0) is 0 Å². The minimum absolute atomic E-state index is 0.323. The van der Waals surface area contributed by atoms with E-state index in [2.05, 4.69) is 21.2 Å². The van der Waals surface area contributed by atoms with Crippen molar-refractivity contribution in [2.45, 2.75) is 19.9 Å². The first kappa shape index (κ1) is 14.6. The van der Waals surface area contributed by atoms with Crippen LogP contribution in [0.4, 0.5) is 8.78 Å². The number of nitrogens with one attached hydrogen (secondary N) is 1. The lowest BCUT2D eigenvalue weighted by Crippen LogP contribution is -2.22. The summed E-state index contributed by atoms with van der Waals surface area (Å²) < 4.78 is 28.3. The Morgan fingerprint density at radius 3 is 2.68 bits per heavy atom. The number of benzene rings is 1. The second-order valence-corrected chi connectivity index (χ2v) is 6.33. The Morgan fingerprint density at radius 1 is 1.37 bits per heavy atom.